The Labute approximate surface area is 158 Å². The third kappa shape index (κ3) is 3.99. The summed E-state index contributed by atoms with van der Waals surface area (Å²) in [4.78, 5) is 13.1. The molecule has 1 aromatic heterocycles. The summed E-state index contributed by atoms with van der Waals surface area (Å²) in [5.41, 5.74) is 4.07. The minimum Gasteiger partial charge on any atom is -0.361 e. The number of carbonyl (C=O) groups excluding carboxylic acids is 1. The molecule has 0 amide bonds. The van der Waals surface area contributed by atoms with E-state index < -0.39 is 10.1 Å². The van der Waals surface area contributed by atoms with E-state index >= 15 is 0 Å². The third-order valence-electron chi connectivity index (χ3n) is 4.14. The van der Waals surface area contributed by atoms with Crippen LogP contribution in [0.15, 0.2) is 23.9 Å². The number of hydrogen-bond donors (Lipinski definition) is 0. The van der Waals surface area contributed by atoms with Gasteiger partial charge in [0.05, 0.1) is 12.5 Å². The normalized spacial score (nSPS) is 11.3. The highest BCUT2D eigenvalue weighted by molar-refractivity contribution is 7.86. The van der Waals surface area contributed by atoms with E-state index in [4.69, 9.17) is 15.8 Å². The number of allylic oxidation sites excluding steroid dienone is 2. The van der Waals surface area contributed by atoms with Crippen LogP contribution in [0.4, 0.5) is 0 Å². The van der Waals surface area contributed by atoms with Crippen molar-refractivity contribution in [3.05, 3.63) is 51.2 Å². The molecule has 2 aromatic rings. The van der Waals surface area contributed by atoms with Gasteiger partial charge in [0.1, 0.15) is 5.56 Å². The molecule has 0 radical (unpaired) electrons. The van der Waals surface area contributed by atoms with Gasteiger partial charge >= 0.3 is 10.1 Å². The van der Waals surface area contributed by atoms with Crippen LogP contribution in [-0.2, 0) is 17.2 Å². The quantitative estimate of drug-likeness (QED) is 0.567. The molecule has 0 N–H and O–H groups in total. The topological polar surface area (TPSA) is 78.3 Å². The predicted octanol–water partition coefficient (Wildman–Crippen LogP) is 3.76. The first-order chi connectivity index (χ1) is 11.9. The molecule has 0 bridgehead atoms. The number of nitrogens with zero attached hydrogens (tertiary/aromatic N) is 2. The van der Waals surface area contributed by atoms with Gasteiger partial charge in [0.2, 0.25) is 5.88 Å². The molecule has 0 saturated carbocycles. The number of carbonyl (C=O) groups is 1. The lowest BCUT2D eigenvalue weighted by atomic mass is 9.92. The van der Waals surface area contributed by atoms with Gasteiger partial charge in [-0.1, -0.05) is 17.2 Å². The highest BCUT2D eigenvalue weighted by atomic mass is 35.5. The summed E-state index contributed by atoms with van der Waals surface area (Å²) in [5.74, 6) is -0.499. The Morgan fingerprint density at radius 2 is 1.81 bits per heavy atom. The zero-order valence-electron chi connectivity index (χ0n) is 15.5. The first kappa shape index (κ1) is 20.2. The number of aryl methyl sites for hydroxylation is 1. The summed E-state index contributed by atoms with van der Waals surface area (Å²) >= 11 is 6.35. The molecule has 0 aliphatic rings. The molecular weight excluding hydrogens is 376 g/mol. The molecule has 0 saturated heterocycles. The van der Waals surface area contributed by atoms with Gasteiger partial charge < -0.3 is 4.18 Å². The van der Waals surface area contributed by atoms with Crippen LogP contribution in [0.3, 0.4) is 0 Å². The van der Waals surface area contributed by atoms with Crippen LogP contribution in [0, 0.1) is 6.92 Å². The summed E-state index contributed by atoms with van der Waals surface area (Å²) in [6, 6.07) is 3.29. The monoisotopic (exact) mass is 396 g/mol. The van der Waals surface area contributed by atoms with Gasteiger partial charge in [-0.2, -0.15) is 13.5 Å². The van der Waals surface area contributed by atoms with E-state index in [1.807, 2.05) is 27.7 Å². The van der Waals surface area contributed by atoms with Crippen molar-refractivity contribution in [2.75, 3.05) is 6.26 Å². The average molecular weight is 397 g/mol. The van der Waals surface area contributed by atoms with Gasteiger partial charge in [-0.3, -0.25) is 4.79 Å². The van der Waals surface area contributed by atoms with Crippen molar-refractivity contribution < 1.29 is 17.4 Å². The fraction of sp³-hybridized carbons (Fsp3) is 0.333. The van der Waals surface area contributed by atoms with Crippen molar-refractivity contribution >= 4 is 33.1 Å². The van der Waals surface area contributed by atoms with Gasteiger partial charge in [0.15, 0.2) is 5.78 Å². The summed E-state index contributed by atoms with van der Waals surface area (Å²) in [5, 5.41) is 4.50. The summed E-state index contributed by atoms with van der Waals surface area (Å²) < 4.78 is 29.1. The largest absolute Gasteiger partial charge is 0.361 e. The highest BCUT2D eigenvalue weighted by Gasteiger charge is 2.24. The lowest BCUT2D eigenvalue weighted by Gasteiger charge is -2.15. The molecule has 140 valence electrons. The van der Waals surface area contributed by atoms with Crippen molar-refractivity contribution in [1.29, 1.82) is 0 Å². The Morgan fingerprint density at radius 1 is 1.19 bits per heavy atom. The lowest BCUT2D eigenvalue weighted by molar-refractivity contribution is 0.103. The summed E-state index contributed by atoms with van der Waals surface area (Å²) in [6.45, 7) is 7.70. The second kappa shape index (κ2) is 7.25. The molecule has 0 unspecified atom stereocenters. The molecule has 0 fully saturated rings. The predicted molar refractivity (Wildman–Crippen MR) is 102 cm³/mol. The van der Waals surface area contributed by atoms with E-state index in [1.165, 1.54) is 17.9 Å². The van der Waals surface area contributed by atoms with Crippen LogP contribution in [-0.4, -0.2) is 30.2 Å². The lowest BCUT2D eigenvalue weighted by Crippen LogP contribution is -2.13. The highest BCUT2D eigenvalue weighted by Crippen LogP contribution is 2.33. The zero-order chi connectivity index (χ0) is 19.8. The molecule has 0 aliphatic heterocycles. The van der Waals surface area contributed by atoms with Crippen molar-refractivity contribution in [2.45, 2.75) is 27.7 Å². The van der Waals surface area contributed by atoms with Gasteiger partial charge in [-0.05, 0) is 56.5 Å². The molecule has 2 rings (SSSR count). The number of benzene rings is 1. The average Bonchev–Trinajstić information content (AvgIpc) is 2.86. The van der Waals surface area contributed by atoms with Gasteiger partial charge in [-0.15, -0.1) is 0 Å². The van der Waals surface area contributed by atoms with E-state index in [-0.39, 0.29) is 17.2 Å². The SMILES string of the molecule is CC(C)=C(C)c1c(Cl)ccc(C(=O)c2cnn(C)c2OS(C)(=O)=O)c1C. The second-order valence-electron chi connectivity index (χ2n) is 6.32. The summed E-state index contributed by atoms with van der Waals surface area (Å²) in [7, 11) is -2.29. The Balaban J connectivity index is 2.64. The second-order valence-corrected chi connectivity index (χ2v) is 8.31. The molecule has 6 nitrogen and oxygen atoms in total. The molecule has 8 heteroatoms. The molecule has 0 spiro atoms. The third-order valence-corrected chi connectivity index (χ3v) is 4.92. The van der Waals surface area contributed by atoms with Crippen LogP contribution in [0.1, 0.15) is 47.8 Å². The fourth-order valence-electron chi connectivity index (χ4n) is 2.60. The van der Waals surface area contributed by atoms with Crippen LogP contribution < -0.4 is 4.18 Å². The molecule has 0 aliphatic carbocycles. The van der Waals surface area contributed by atoms with Crippen molar-refractivity contribution in [1.82, 2.24) is 9.78 Å². The van der Waals surface area contributed by atoms with E-state index in [0.717, 1.165) is 28.5 Å². The molecule has 1 heterocycles. The number of halogens is 1. The fourth-order valence-corrected chi connectivity index (χ4v) is 3.44. The van der Waals surface area contributed by atoms with Gasteiger partial charge in [0.25, 0.3) is 0 Å². The van der Waals surface area contributed by atoms with Gasteiger partial charge in [0, 0.05) is 17.6 Å². The molecule has 0 atom stereocenters. The van der Waals surface area contributed by atoms with Crippen LogP contribution in [0.5, 0.6) is 5.88 Å². The maximum absolute atomic E-state index is 13.1. The first-order valence-corrected chi connectivity index (χ1v) is 10.0. The number of hydrogen-bond acceptors (Lipinski definition) is 5. The molecule has 26 heavy (non-hydrogen) atoms. The minimum absolute atomic E-state index is 0.0733. The minimum atomic E-state index is -3.80. The zero-order valence-corrected chi connectivity index (χ0v) is 17.1. The van der Waals surface area contributed by atoms with E-state index in [0.29, 0.717) is 10.6 Å². The first-order valence-electron chi connectivity index (χ1n) is 7.83. The Morgan fingerprint density at radius 3 is 2.35 bits per heavy atom. The maximum Gasteiger partial charge on any atom is 0.307 e. The Kier molecular flexibility index (Phi) is 5.63. The van der Waals surface area contributed by atoms with Crippen molar-refractivity contribution in [3.63, 3.8) is 0 Å². The summed E-state index contributed by atoms with van der Waals surface area (Å²) in [6.07, 6.45) is 2.21. The number of aromatic nitrogens is 2. The Bertz CT molecular complexity index is 1020. The van der Waals surface area contributed by atoms with E-state index in [2.05, 4.69) is 5.10 Å². The van der Waals surface area contributed by atoms with E-state index in [9.17, 15) is 13.2 Å². The van der Waals surface area contributed by atoms with Gasteiger partial charge in [-0.25, -0.2) is 4.68 Å². The van der Waals surface area contributed by atoms with Crippen LogP contribution >= 0.6 is 11.6 Å². The van der Waals surface area contributed by atoms with Crippen LogP contribution in [0.25, 0.3) is 5.57 Å². The maximum atomic E-state index is 13.1. The molecular formula is C18H21ClN2O4S. The van der Waals surface area contributed by atoms with Crippen molar-refractivity contribution in [2.24, 2.45) is 7.05 Å². The Hall–Kier alpha value is -2.12. The van der Waals surface area contributed by atoms with Crippen LogP contribution in [0.2, 0.25) is 5.02 Å². The number of ketones is 1. The molecule has 1 aromatic carbocycles. The smallest absolute Gasteiger partial charge is 0.307 e. The standard InChI is InChI=1S/C18H21ClN2O4S/c1-10(2)11(3)16-12(4)13(7-8-15(16)19)17(22)14-9-20-21(5)18(14)25-26(6,23)24/h7-9H,1-6H3. The van der Waals surface area contributed by atoms with E-state index in [1.54, 1.807) is 12.1 Å². The number of rotatable bonds is 5. The van der Waals surface area contributed by atoms with Crippen molar-refractivity contribution in [3.8, 4) is 5.88 Å².